The zero-order valence-corrected chi connectivity index (χ0v) is 8.31. The third kappa shape index (κ3) is 1.82. The molecule has 0 amide bonds. The van der Waals surface area contributed by atoms with Gasteiger partial charge < -0.3 is 4.90 Å². The molecule has 0 aromatic heterocycles. The minimum atomic E-state index is 0.706. The van der Waals surface area contributed by atoms with Gasteiger partial charge in [-0.25, -0.2) is 0 Å². The Morgan fingerprint density at radius 2 is 1.67 bits per heavy atom. The molecular weight excluding hydrogens is 146 g/mol. The Kier molecular flexibility index (Phi) is 2.40. The maximum atomic E-state index is 2.68. The summed E-state index contributed by atoms with van der Waals surface area (Å²) in [7, 11) is 0. The van der Waals surface area contributed by atoms with E-state index in [1.54, 1.807) is 0 Å². The molecule has 2 aliphatic rings. The first-order chi connectivity index (χ1) is 5.79. The topological polar surface area (TPSA) is 3.24 Å². The lowest BCUT2D eigenvalue weighted by atomic mass is 9.70. The van der Waals surface area contributed by atoms with Gasteiger partial charge in [0.1, 0.15) is 0 Å². The highest BCUT2D eigenvalue weighted by Crippen LogP contribution is 2.41. The summed E-state index contributed by atoms with van der Waals surface area (Å²) in [6, 6.07) is 0. The lowest BCUT2D eigenvalue weighted by Crippen LogP contribution is -2.42. The summed E-state index contributed by atoms with van der Waals surface area (Å²) in [5.74, 6) is 0. The first kappa shape index (κ1) is 8.55. The van der Waals surface area contributed by atoms with Crippen molar-refractivity contribution in [3.05, 3.63) is 0 Å². The van der Waals surface area contributed by atoms with Gasteiger partial charge in [-0.15, -0.1) is 0 Å². The van der Waals surface area contributed by atoms with Gasteiger partial charge in [0.15, 0.2) is 0 Å². The second-order valence-electron chi connectivity index (χ2n) is 5.00. The molecule has 0 aromatic carbocycles. The Morgan fingerprint density at radius 3 is 2.17 bits per heavy atom. The van der Waals surface area contributed by atoms with Crippen LogP contribution in [0.2, 0.25) is 0 Å². The van der Waals surface area contributed by atoms with Gasteiger partial charge in [0.2, 0.25) is 0 Å². The predicted molar refractivity (Wildman–Crippen MR) is 52.2 cm³/mol. The van der Waals surface area contributed by atoms with Crippen LogP contribution in [-0.4, -0.2) is 24.5 Å². The summed E-state index contributed by atoms with van der Waals surface area (Å²) in [6.45, 7) is 6.59. The van der Waals surface area contributed by atoms with Crippen LogP contribution in [0.5, 0.6) is 0 Å². The minimum absolute atomic E-state index is 0.706. The van der Waals surface area contributed by atoms with E-state index < -0.39 is 0 Å². The molecule has 0 atom stereocenters. The molecule has 0 radical (unpaired) electrons. The molecule has 1 heterocycles. The maximum Gasteiger partial charge on any atom is 0.00353 e. The summed E-state index contributed by atoms with van der Waals surface area (Å²) in [4.78, 5) is 2.68. The number of hydrogen-bond acceptors (Lipinski definition) is 1. The number of piperidine rings is 1. The number of nitrogens with zero attached hydrogens (tertiary/aromatic N) is 1. The van der Waals surface area contributed by atoms with Gasteiger partial charge in [0.05, 0.1) is 0 Å². The molecule has 12 heavy (non-hydrogen) atoms. The number of likely N-dealkylation sites (tertiary alicyclic amines) is 1. The smallest absolute Gasteiger partial charge is 0.00353 e. The third-order valence-corrected chi connectivity index (χ3v) is 3.61. The zero-order valence-electron chi connectivity index (χ0n) is 8.31. The van der Waals surface area contributed by atoms with Gasteiger partial charge in [0.25, 0.3) is 0 Å². The monoisotopic (exact) mass is 167 g/mol. The largest absolute Gasteiger partial charge is 0.303 e. The molecule has 1 aliphatic carbocycles. The Labute approximate surface area is 76.1 Å². The van der Waals surface area contributed by atoms with Crippen LogP contribution in [0.25, 0.3) is 0 Å². The van der Waals surface area contributed by atoms with E-state index in [0.29, 0.717) is 5.41 Å². The second kappa shape index (κ2) is 3.37. The van der Waals surface area contributed by atoms with Crippen molar-refractivity contribution in [1.29, 1.82) is 0 Å². The molecule has 0 N–H and O–H groups in total. The summed E-state index contributed by atoms with van der Waals surface area (Å²) in [5.41, 5.74) is 0.706. The molecule has 1 saturated carbocycles. The van der Waals surface area contributed by atoms with E-state index in [1.165, 1.54) is 58.2 Å². The normalized spacial score (nSPS) is 29.8. The summed E-state index contributed by atoms with van der Waals surface area (Å²) in [5, 5.41) is 0. The molecule has 0 bridgehead atoms. The Hall–Kier alpha value is -0.0400. The van der Waals surface area contributed by atoms with Crippen molar-refractivity contribution in [2.75, 3.05) is 19.6 Å². The standard InChI is InChI=1S/C11H21N/c1-11(6-5-7-11)10-12-8-3-2-4-9-12/h2-10H2,1H3. The highest BCUT2D eigenvalue weighted by molar-refractivity contribution is 4.86. The highest BCUT2D eigenvalue weighted by atomic mass is 15.1. The van der Waals surface area contributed by atoms with Gasteiger partial charge in [-0.3, -0.25) is 0 Å². The van der Waals surface area contributed by atoms with Crippen LogP contribution in [-0.2, 0) is 0 Å². The van der Waals surface area contributed by atoms with Gasteiger partial charge in [-0.05, 0) is 44.2 Å². The Balaban J connectivity index is 1.77. The molecule has 1 saturated heterocycles. The van der Waals surface area contributed by atoms with Crippen LogP contribution in [0.15, 0.2) is 0 Å². The number of hydrogen-bond donors (Lipinski definition) is 0. The van der Waals surface area contributed by atoms with E-state index in [1.807, 2.05) is 0 Å². The fourth-order valence-corrected chi connectivity index (χ4v) is 2.60. The Bertz CT molecular complexity index is 143. The lowest BCUT2D eigenvalue weighted by Gasteiger charge is -2.43. The lowest BCUT2D eigenvalue weighted by molar-refractivity contribution is 0.0744. The van der Waals surface area contributed by atoms with E-state index in [2.05, 4.69) is 11.8 Å². The van der Waals surface area contributed by atoms with Crippen LogP contribution in [0.1, 0.15) is 45.4 Å². The Morgan fingerprint density at radius 1 is 1.00 bits per heavy atom. The van der Waals surface area contributed by atoms with Crippen LogP contribution >= 0.6 is 0 Å². The average molecular weight is 167 g/mol. The van der Waals surface area contributed by atoms with Gasteiger partial charge in [-0.1, -0.05) is 19.8 Å². The third-order valence-electron chi connectivity index (χ3n) is 3.61. The first-order valence-electron chi connectivity index (χ1n) is 5.51. The second-order valence-corrected chi connectivity index (χ2v) is 5.00. The maximum absolute atomic E-state index is 2.68. The van der Waals surface area contributed by atoms with Crippen LogP contribution in [0, 0.1) is 5.41 Å². The minimum Gasteiger partial charge on any atom is -0.303 e. The number of rotatable bonds is 2. The van der Waals surface area contributed by atoms with Gasteiger partial charge in [0, 0.05) is 6.54 Å². The summed E-state index contributed by atoms with van der Waals surface area (Å²) >= 11 is 0. The van der Waals surface area contributed by atoms with E-state index in [0.717, 1.165) is 0 Å². The molecule has 1 nitrogen and oxygen atoms in total. The molecule has 0 unspecified atom stereocenters. The van der Waals surface area contributed by atoms with E-state index in [4.69, 9.17) is 0 Å². The molecule has 1 aliphatic heterocycles. The van der Waals surface area contributed by atoms with E-state index in [9.17, 15) is 0 Å². The van der Waals surface area contributed by atoms with Gasteiger partial charge in [-0.2, -0.15) is 0 Å². The van der Waals surface area contributed by atoms with E-state index in [-0.39, 0.29) is 0 Å². The van der Waals surface area contributed by atoms with Crippen molar-refractivity contribution in [1.82, 2.24) is 4.90 Å². The quantitative estimate of drug-likeness (QED) is 0.611. The van der Waals surface area contributed by atoms with Crippen molar-refractivity contribution in [2.45, 2.75) is 45.4 Å². The van der Waals surface area contributed by atoms with Crippen molar-refractivity contribution in [3.63, 3.8) is 0 Å². The van der Waals surface area contributed by atoms with Crippen LogP contribution < -0.4 is 0 Å². The predicted octanol–water partition coefficient (Wildman–Crippen LogP) is 2.66. The molecule has 1 heteroatoms. The molecule has 0 spiro atoms. The summed E-state index contributed by atoms with van der Waals surface area (Å²) in [6.07, 6.45) is 8.77. The van der Waals surface area contributed by atoms with Crippen molar-refractivity contribution in [3.8, 4) is 0 Å². The first-order valence-corrected chi connectivity index (χ1v) is 5.51. The van der Waals surface area contributed by atoms with E-state index >= 15 is 0 Å². The van der Waals surface area contributed by atoms with Crippen LogP contribution in [0.4, 0.5) is 0 Å². The zero-order chi connectivity index (χ0) is 8.44. The van der Waals surface area contributed by atoms with Gasteiger partial charge >= 0.3 is 0 Å². The SMILES string of the molecule is CC1(CN2CCCCC2)CCC1. The average Bonchev–Trinajstić information content (AvgIpc) is 2.04. The fraction of sp³-hybridized carbons (Fsp3) is 1.00. The molecule has 70 valence electrons. The summed E-state index contributed by atoms with van der Waals surface area (Å²) < 4.78 is 0. The fourth-order valence-electron chi connectivity index (χ4n) is 2.60. The highest BCUT2D eigenvalue weighted by Gasteiger charge is 2.33. The van der Waals surface area contributed by atoms with Crippen LogP contribution in [0.3, 0.4) is 0 Å². The van der Waals surface area contributed by atoms with Crippen molar-refractivity contribution in [2.24, 2.45) is 5.41 Å². The molecule has 0 aromatic rings. The molecule has 2 fully saturated rings. The van der Waals surface area contributed by atoms with Crippen molar-refractivity contribution >= 4 is 0 Å². The molecule has 2 rings (SSSR count). The van der Waals surface area contributed by atoms with Crippen molar-refractivity contribution < 1.29 is 0 Å². The molecular formula is C11H21N.